The van der Waals surface area contributed by atoms with E-state index in [1.165, 1.54) is 31.5 Å². The fourth-order valence-electron chi connectivity index (χ4n) is 2.73. The molecule has 2 heterocycles. The first-order valence-corrected chi connectivity index (χ1v) is 6.56. The van der Waals surface area contributed by atoms with Crippen molar-refractivity contribution in [1.29, 1.82) is 0 Å². The number of benzene rings is 1. The lowest BCUT2D eigenvalue weighted by Crippen LogP contribution is -2.29. The minimum Gasteiger partial charge on any atom is -0.399 e. The molecule has 1 saturated heterocycles. The molecule has 0 atom stereocenters. The molecule has 0 saturated carbocycles. The maximum absolute atomic E-state index is 5.84. The van der Waals surface area contributed by atoms with E-state index in [-0.39, 0.29) is 0 Å². The molecule has 2 aromatic rings. The number of pyridine rings is 1. The molecule has 18 heavy (non-hydrogen) atoms. The molecule has 3 rings (SSSR count). The summed E-state index contributed by atoms with van der Waals surface area (Å²) in [6.07, 6.45) is 4.49. The molecular weight excluding hydrogens is 222 g/mol. The normalized spacial score (nSPS) is 18.3. The first-order chi connectivity index (χ1) is 8.72. The third-order valence-electron chi connectivity index (χ3n) is 3.92. The molecule has 0 radical (unpaired) electrons. The summed E-state index contributed by atoms with van der Waals surface area (Å²) in [5.74, 6) is 0.652. The third-order valence-corrected chi connectivity index (χ3v) is 3.92. The Hall–Kier alpha value is -1.61. The van der Waals surface area contributed by atoms with Gasteiger partial charge in [-0.1, -0.05) is 0 Å². The minimum atomic E-state index is 0.652. The van der Waals surface area contributed by atoms with Crippen molar-refractivity contribution in [3.8, 4) is 0 Å². The van der Waals surface area contributed by atoms with E-state index in [1.54, 1.807) is 0 Å². The molecular formula is C15H19N3. The molecule has 1 aliphatic heterocycles. The molecule has 1 aliphatic rings. The zero-order chi connectivity index (χ0) is 12.5. The van der Waals surface area contributed by atoms with Crippen LogP contribution in [-0.4, -0.2) is 30.0 Å². The number of rotatable bonds is 1. The number of anilines is 1. The van der Waals surface area contributed by atoms with Crippen LogP contribution >= 0.6 is 0 Å². The highest BCUT2D eigenvalue weighted by Crippen LogP contribution is 2.29. The lowest BCUT2D eigenvalue weighted by molar-refractivity contribution is 0.255. The number of nitrogen functional groups attached to an aromatic ring is 1. The van der Waals surface area contributed by atoms with Crippen LogP contribution in [0.2, 0.25) is 0 Å². The standard InChI is InChI=1S/C15H19N3/c1-18-6-4-11(5-7-18)13-8-12-9-14(16)2-3-15(12)17-10-13/h2-3,8-11H,4-7,16H2,1H3. The fourth-order valence-corrected chi connectivity index (χ4v) is 2.73. The van der Waals surface area contributed by atoms with Crippen LogP contribution in [0.15, 0.2) is 30.5 Å². The van der Waals surface area contributed by atoms with Crippen molar-refractivity contribution in [2.75, 3.05) is 25.9 Å². The summed E-state index contributed by atoms with van der Waals surface area (Å²) in [5.41, 5.74) is 9.04. The van der Waals surface area contributed by atoms with Crippen LogP contribution in [0.4, 0.5) is 5.69 Å². The monoisotopic (exact) mass is 241 g/mol. The number of nitrogens with two attached hydrogens (primary N) is 1. The van der Waals surface area contributed by atoms with Crippen LogP contribution in [0.1, 0.15) is 24.3 Å². The molecule has 0 aliphatic carbocycles. The molecule has 2 N–H and O–H groups in total. The Bertz CT molecular complexity index is 557. The van der Waals surface area contributed by atoms with Crippen molar-refractivity contribution in [2.24, 2.45) is 0 Å². The number of hydrogen-bond acceptors (Lipinski definition) is 3. The molecule has 0 unspecified atom stereocenters. The average Bonchev–Trinajstić information content (AvgIpc) is 2.38. The maximum Gasteiger partial charge on any atom is 0.0703 e. The molecule has 3 heteroatoms. The van der Waals surface area contributed by atoms with Crippen LogP contribution in [0.25, 0.3) is 10.9 Å². The highest BCUT2D eigenvalue weighted by molar-refractivity contribution is 5.82. The van der Waals surface area contributed by atoms with Gasteiger partial charge in [-0.15, -0.1) is 0 Å². The summed E-state index contributed by atoms with van der Waals surface area (Å²) in [7, 11) is 2.19. The van der Waals surface area contributed by atoms with Crippen LogP contribution in [-0.2, 0) is 0 Å². The van der Waals surface area contributed by atoms with Crippen molar-refractivity contribution >= 4 is 16.6 Å². The second kappa shape index (κ2) is 4.58. The van der Waals surface area contributed by atoms with Crippen LogP contribution < -0.4 is 5.73 Å². The fraction of sp³-hybridized carbons (Fsp3) is 0.400. The maximum atomic E-state index is 5.84. The van der Waals surface area contributed by atoms with Gasteiger partial charge >= 0.3 is 0 Å². The second-order valence-electron chi connectivity index (χ2n) is 5.30. The zero-order valence-electron chi connectivity index (χ0n) is 10.8. The van der Waals surface area contributed by atoms with E-state index in [2.05, 4.69) is 23.0 Å². The summed E-state index contributed by atoms with van der Waals surface area (Å²) in [4.78, 5) is 6.94. The van der Waals surface area contributed by atoms with Gasteiger partial charge in [0.1, 0.15) is 0 Å². The van der Waals surface area contributed by atoms with Crippen LogP contribution in [0.5, 0.6) is 0 Å². The smallest absolute Gasteiger partial charge is 0.0703 e. The molecule has 3 nitrogen and oxygen atoms in total. The average molecular weight is 241 g/mol. The van der Waals surface area contributed by atoms with Crippen molar-refractivity contribution in [1.82, 2.24) is 9.88 Å². The van der Waals surface area contributed by atoms with Gasteiger partial charge in [-0.3, -0.25) is 4.98 Å². The van der Waals surface area contributed by atoms with Crippen LogP contribution in [0.3, 0.4) is 0 Å². The predicted molar refractivity (Wildman–Crippen MR) is 75.6 cm³/mol. The Kier molecular flexibility index (Phi) is 2.92. The molecule has 1 fully saturated rings. The van der Waals surface area contributed by atoms with Gasteiger partial charge < -0.3 is 10.6 Å². The van der Waals surface area contributed by atoms with Crippen molar-refractivity contribution in [2.45, 2.75) is 18.8 Å². The number of aromatic nitrogens is 1. The van der Waals surface area contributed by atoms with Crippen molar-refractivity contribution in [3.05, 3.63) is 36.0 Å². The second-order valence-corrected chi connectivity index (χ2v) is 5.30. The molecule has 1 aromatic heterocycles. The highest BCUT2D eigenvalue weighted by Gasteiger charge is 2.18. The van der Waals surface area contributed by atoms with Gasteiger partial charge in [0.2, 0.25) is 0 Å². The number of fused-ring (bicyclic) bond motifs is 1. The first kappa shape index (κ1) is 11.5. The summed E-state index contributed by atoms with van der Waals surface area (Å²) in [5, 5.41) is 1.16. The Morgan fingerprint density at radius 3 is 2.78 bits per heavy atom. The molecule has 1 aromatic carbocycles. The number of likely N-dealkylation sites (tertiary alicyclic amines) is 1. The van der Waals surface area contributed by atoms with Gasteiger partial charge in [-0.05, 0) is 68.7 Å². The number of hydrogen-bond donors (Lipinski definition) is 1. The zero-order valence-corrected chi connectivity index (χ0v) is 10.8. The Balaban J connectivity index is 1.92. The number of piperidine rings is 1. The quantitative estimate of drug-likeness (QED) is 0.780. The van der Waals surface area contributed by atoms with E-state index >= 15 is 0 Å². The number of nitrogens with zero attached hydrogens (tertiary/aromatic N) is 2. The minimum absolute atomic E-state index is 0.652. The summed E-state index contributed by atoms with van der Waals surface area (Å²) >= 11 is 0. The Morgan fingerprint density at radius 2 is 2.00 bits per heavy atom. The molecule has 0 amide bonds. The van der Waals surface area contributed by atoms with Crippen molar-refractivity contribution in [3.63, 3.8) is 0 Å². The predicted octanol–water partition coefficient (Wildman–Crippen LogP) is 2.63. The van der Waals surface area contributed by atoms with E-state index in [0.717, 1.165) is 16.6 Å². The summed E-state index contributed by atoms with van der Waals surface area (Å²) < 4.78 is 0. The molecule has 0 bridgehead atoms. The van der Waals surface area contributed by atoms with Gasteiger partial charge in [-0.25, -0.2) is 0 Å². The first-order valence-electron chi connectivity index (χ1n) is 6.56. The van der Waals surface area contributed by atoms with Gasteiger partial charge in [0.05, 0.1) is 5.52 Å². The van der Waals surface area contributed by atoms with Gasteiger partial charge in [-0.2, -0.15) is 0 Å². The van der Waals surface area contributed by atoms with E-state index < -0.39 is 0 Å². The highest BCUT2D eigenvalue weighted by atomic mass is 15.1. The van der Waals surface area contributed by atoms with Gasteiger partial charge in [0.15, 0.2) is 0 Å². The van der Waals surface area contributed by atoms with E-state index in [9.17, 15) is 0 Å². The third kappa shape index (κ3) is 2.18. The van der Waals surface area contributed by atoms with E-state index in [0.29, 0.717) is 5.92 Å². The van der Waals surface area contributed by atoms with Gasteiger partial charge in [0, 0.05) is 17.3 Å². The summed E-state index contributed by atoms with van der Waals surface area (Å²) in [6, 6.07) is 8.17. The Labute approximate surface area is 108 Å². The Morgan fingerprint density at radius 1 is 1.22 bits per heavy atom. The van der Waals surface area contributed by atoms with Crippen molar-refractivity contribution < 1.29 is 0 Å². The molecule has 94 valence electrons. The molecule has 0 spiro atoms. The topological polar surface area (TPSA) is 42.2 Å². The summed E-state index contributed by atoms with van der Waals surface area (Å²) in [6.45, 7) is 2.36. The lowest BCUT2D eigenvalue weighted by Gasteiger charge is -2.29. The van der Waals surface area contributed by atoms with E-state index in [4.69, 9.17) is 5.73 Å². The lowest BCUT2D eigenvalue weighted by atomic mass is 9.90. The van der Waals surface area contributed by atoms with E-state index in [1.807, 2.05) is 24.4 Å². The van der Waals surface area contributed by atoms with Gasteiger partial charge in [0.25, 0.3) is 0 Å². The SMILES string of the molecule is CN1CCC(c2cnc3ccc(N)cc3c2)CC1. The largest absolute Gasteiger partial charge is 0.399 e. The van der Waals surface area contributed by atoms with Crippen LogP contribution in [0, 0.1) is 0 Å².